The lowest BCUT2D eigenvalue weighted by Gasteiger charge is -2.19. The first-order valence-corrected chi connectivity index (χ1v) is 8.34. The summed E-state index contributed by atoms with van der Waals surface area (Å²) in [6.45, 7) is 2.60. The molecule has 0 aromatic carbocycles. The third kappa shape index (κ3) is 3.53. The van der Waals surface area contributed by atoms with Crippen LogP contribution >= 0.6 is 11.3 Å². The van der Waals surface area contributed by atoms with Crippen molar-refractivity contribution in [3.8, 4) is 0 Å². The second-order valence-electron chi connectivity index (χ2n) is 4.51. The highest BCUT2D eigenvalue weighted by Crippen LogP contribution is 2.20. The van der Waals surface area contributed by atoms with E-state index < -0.39 is 10.0 Å². The highest BCUT2D eigenvalue weighted by atomic mass is 32.2. The van der Waals surface area contributed by atoms with Gasteiger partial charge in [0.1, 0.15) is 4.21 Å². The van der Waals surface area contributed by atoms with Crippen molar-refractivity contribution >= 4 is 27.3 Å². The Morgan fingerprint density at radius 2 is 2.37 bits per heavy atom. The summed E-state index contributed by atoms with van der Waals surface area (Å²) in [6, 6.07) is 1.19. The molecule has 1 aliphatic rings. The molecule has 0 saturated carbocycles. The van der Waals surface area contributed by atoms with E-state index in [1.807, 2.05) is 6.92 Å². The van der Waals surface area contributed by atoms with E-state index in [9.17, 15) is 13.2 Å². The minimum Gasteiger partial charge on any atom is -0.376 e. The molecule has 6 nitrogen and oxygen atoms in total. The van der Waals surface area contributed by atoms with Gasteiger partial charge in [-0.3, -0.25) is 4.79 Å². The molecular formula is C11H16N2O4S2. The second kappa shape index (κ2) is 5.58. The molecule has 1 aliphatic heterocycles. The summed E-state index contributed by atoms with van der Waals surface area (Å²) >= 11 is 0.939. The number of carbonyl (C=O) groups is 1. The zero-order valence-electron chi connectivity index (χ0n) is 10.5. The average molecular weight is 304 g/mol. The van der Waals surface area contributed by atoms with Gasteiger partial charge in [-0.15, -0.1) is 11.3 Å². The first-order valence-electron chi connectivity index (χ1n) is 5.92. The maximum atomic E-state index is 12.0. The van der Waals surface area contributed by atoms with Gasteiger partial charge in [-0.05, 0) is 25.8 Å². The number of ether oxygens (including phenoxy) is 1. The predicted molar refractivity (Wildman–Crippen MR) is 71.6 cm³/mol. The van der Waals surface area contributed by atoms with E-state index in [0.29, 0.717) is 5.56 Å². The van der Waals surface area contributed by atoms with Gasteiger partial charge in [-0.1, -0.05) is 0 Å². The summed E-state index contributed by atoms with van der Waals surface area (Å²) in [7, 11) is -3.75. The first-order chi connectivity index (χ1) is 8.88. The first kappa shape index (κ1) is 14.4. The molecule has 2 rings (SSSR count). The van der Waals surface area contributed by atoms with E-state index in [1.54, 1.807) is 0 Å². The molecule has 0 radical (unpaired) electrons. The van der Waals surface area contributed by atoms with Crippen LogP contribution in [-0.4, -0.2) is 33.1 Å². The van der Waals surface area contributed by atoms with E-state index in [2.05, 4.69) is 5.32 Å². The minimum atomic E-state index is -3.75. The van der Waals surface area contributed by atoms with Crippen molar-refractivity contribution in [3.63, 3.8) is 0 Å². The quantitative estimate of drug-likeness (QED) is 0.855. The topological polar surface area (TPSA) is 98.5 Å². The predicted octanol–water partition coefficient (Wildman–Crippen LogP) is 0.693. The number of primary sulfonamides is 1. The number of thiophene rings is 1. The van der Waals surface area contributed by atoms with Crippen LogP contribution in [0, 0.1) is 0 Å². The number of carbonyl (C=O) groups excluding carboxylic acids is 1. The van der Waals surface area contributed by atoms with Gasteiger partial charge in [0.05, 0.1) is 17.7 Å². The summed E-state index contributed by atoms with van der Waals surface area (Å²) in [4.78, 5) is 12.0. The zero-order chi connectivity index (χ0) is 14.0. The van der Waals surface area contributed by atoms with Gasteiger partial charge in [0.2, 0.25) is 10.0 Å². The Balaban J connectivity index is 2.01. The standard InChI is InChI=1S/C11H16N2O4S2/c1-7(9-3-2-4-17-9)13-11(14)8-5-10(18-6-8)19(12,15)16/h5-7,9H,2-4H2,1H3,(H,13,14)(H2,12,15,16). The van der Waals surface area contributed by atoms with Gasteiger partial charge in [-0.25, -0.2) is 13.6 Å². The van der Waals surface area contributed by atoms with Crippen LogP contribution in [0.4, 0.5) is 0 Å². The Bertz CT molecular complexity index is 561. The molecule has 0 aliphatic carbocycles. The number of sulfonamides is 1. The summed E-state index contributed by atoms with van der Waals surface area (Å²) in [6.07, 6.45) is 1.95. The molecule has 106 valence electrons. The number of hydrogen-bond donors (Lipinski definition) is 2. The van der Waals surface area contributed by atoms with Gasteiger partial charge >= 0.3 is 0 Å². The number of amides is 1. The Morgan fingerprint density at radius 1 is 1.63 bits per heavy atom. The van der Waals surface area contributed by atoms with Crippen molar-refractivity contribution in [1.29, 1.82) is 0 Å². The van der Waals surface area contributed by atoms with Crippen molar-refractivity contribution in [1.82, 2.24) is 5.32 Å². The normalized spacial score (nSPS) is 21.3. The summed E-state index contributed by atoms with van der Waals surface area (Å²) in [5.74, 6) is -0.311. The molecule has 3 N–H and O–H groups in total. The minimum absolute atomic E-state index is 0.0116. The molecular weight excluding hydrogens is 288 g/mol. The van der Waals surface area contributed by atoms with Crippen molar-refractivity contribution in [2.45, 2.75) is 36.1 Å². The van der Waals surface area contributed by atoms with E-state index in [-0.39, 0.29) is 22.3 Å². The lowest BCUT2D eigenvalue weighted by atomic mass is 10.1. The van der Waals surface area contributed by atoms with Crippen LogP contribution in [0.5, 0.6) is 0 Å². The molecule has 2 heterocycles. The maximum absolute atomic E-state index is 12.0. The van der Waals surface area contributed by atoms with Crippen LogP contribution in [0.15, 0.2) is 15.7 Å². The Labute approximate surface area is 116 Å². The Morgan fingerprint density at radius 3 is 2.89 bits per heavy atom. The molecule has 0 spiro atoms. The molecule has 1 saturated heterocycles. The highest BCUT2D eigenvalue weighted by Gasteiger charge is 2.24. The number of nitrogens with one attached hydrogen (secondary N) is 1. The Hall–Kier alpha value is -0.960. The third-order valence-electron chi connectivity index (χ3n) is 3.00. The van der Waals surface area contributed by atoms with E-state index in [4.69, 9.17) is 9.88 Å². The lowest BCUT2D eigenvalue weighted by molar-refractivity contribution is 0.0712. The van der Waals surface area contributed by atoms with E-state index in [0.717, 1.165) is 30.8 Å². The smallest absolute Gasteiger partial charge is 0.252 e. The molecule has 1 fully saturated rings. The summed E-state index contributed by atoms with van der Waals surface area (Å²) in [5.41, 5.74) is 0.305. The fourth-order valence-electron chi connectivity index (χ4n) is 1.96. The van der Waals surface area contributed by atoms with Gasteiger partial charge in [-0.2, -0.15) is 0 Å². The third-order valence-corrected chi connectivity index (χ3v) is 5.39. The van der Waals surface area contributed by atoms with Crippen LogP contribution in [0.2, 0.25) is 0 Å². The molecule has 2 atom stereocenters. The highest BCUT2D eigenvalue weighted by molar-refractivity contribution is 7.91. The SMILES string of the molecule is CC(NC(=O)c1csc(S(N)(=O)=O)c1)C1CCCO1. The Kier molecular flexibility index (Phi) is 4.24. The molecule has 1 aromatic rings. The van der Waals surface area contributed by atoms with Crippen LogP contribution in [0.25, 0.3) is 0 Å². The fraction of sp³-hybridized carbons (Fsp3) is 0.545. The summed E-state index contributed by atoms with van der Waals surface area (Å²) < 4.78 is 27.7. The lowest BCUT2D eigenvalue weighted by Crippen LogP contribution is -2.40. The molecule has 1 aromatic heterocycles. The molecule has 0 bridgehead atoms. The van der Waals surface area contributed by atoms with Gasteiger partial charge < -0.3 is 10.1 Å². The van der Waals surface area contributed by atoms with Crippen molar-refractivity contribution in [2.24, 2.45) is 5.14 Å². The monoisotopic (exact) mass is 304 g/mol. The van der Waals surface area contributed by atoms with Crippen LogP contribution in [0.3, 0.4) is 0 Å². The van der Waals surface area contributed by atoms with Gasteiger partial charge in [0, 0.05) is 12.0 Å². The van der Waals surface area contributed by atoms with Crippen LogP contribution < -0.4 is 10.5 Å². The molecule has 19 heavy (non-hydrogen) atoms. The van der Waals surface area contributed by atoms with Gasteiger partial charge in [0.25, 0.3) is 5.91 Å². The average Bonchev–Trinajstić information content (AvgIpc) is 3.00. The second-order valence-corrected chi connectivity index (χ2v) is 7.21. The zero-order valence-corrected chi connectivity index (χ0v) is 12.1. The number of hydrogen-bond acceptors (Lipinski definition) is 5. The number of nitrogens with two attached hydrogens (primary N) is 1. The van der Waals surface area contributed by atoms with E-state index >= 15 is 0 Å². The summed E-state index contributed by atoms with van der Waals surface area (Å²) in [5, 5.41) is 9.30. The van der Waals surface area contributed by atoms with Crippen molar-refractivity contribution < 1.29 is 17.9 Å². The van der Waals surface area contributed by atoms with Crippen molar-refractivity contribution in [2.75, 3.05) is 6.61 Å². The van der Waals surface area contributed by atoms with Crippen LogP contribution in [-0.2, 0) is 14.8 Å². The molecule has 1 amide bonds. The van der Waals surface area contributed by atoms with E-state index in [1.165, 1.54) is 11.4 Å². The van der Waals surface area contributed by atoms with Gasteiger partial charge in [0.15, 0.2) is 0 Å². The fourth-order valence-corrected chi connectivity index (χ4v) is 3.55. The van der Waals surface area contributed by atoms with Crippen LogP contribution in [0.1, 0.15) is 30.1 Å². The largest absolute Gasteiger partial charge is 0.376 e. The maximum Gasteiger partial charge on any atom is 0.252 e. The van der Waals surface area contributed by atoms with Crippen molar-refractivity contribution in [3.05, 3.63) is 17.0 Å². The number of rotatable bonds is 4. The molecule has 2 unspecified atom stereocenters. The molecule has 8 heteroatoms.